The second kappa shape index (κ2) is 15.4. The molecule has 0 heterocycles. The highest BCUT2D eigenvalue weighted by atomic mass is 35.5. The van der Waals surface area contributed by atoms with Crippen molar-refractivity contribution < 1.29 is 22.4 Å². The molecule has 7 nitrogen and oxygen atoms in total. The summed E-state index contributed by atoms with van der Waals surface area (Å²) in [6.45, 7) is 3.82. The molecule has 0 bridgehead atoms. The van der Waals surface area contributed by atoms with Gasteiger partial charge in [0.15, 0.2) is 0 Å². The lowest BCUT2D eigenvalue weighted by molar-refractivity contribution is -0.141. The topological polar surface area (TPSA) is 86.8 Å². The van der Waals surface area contributed by atoms with Crippen molar-refractivity contribution in [2.24, 2.45) is 0 Å². The van der Waals surface area contributed by atoms with Crippen molar-refractivity contribution in [2.45, 2.75) is 58.2 Å². The maximum absolute atomic E-state index is 13.9. The molecule has 0 fully saturated rings. The highest BCUT2D eigenvalue weighted by Gasteiger charge is 2.32. The summed E-state index contributed by atoms with van der Waals surface area (Å²) in [4.78, 5) is 29.0. The first-order valence-corrected chi connectivity index (χ1v) is 16.3. The number of anilines is 1. The number of rotatable bonds is 14. The number of nitrogens with one attached hydrogen (secondary N) is 1. The molecule has 2 amide bonds. The van der Waals surface area contributed by atoms with Gasteiger partial charge in [-0.05, 0) is 61.7 Å². The smallest absolute Gasteiger partial charge is 0.243 e. The second-order valence-corrected chi connectivity index (χ2v) is 12.9. The van der Waals surface area contributed by atoms with Gasteiger partial charge in [0.2, 0.25) is 21.8 Å². The van der Waals surface area contributed by atoms with E-state index in [1.807, 2.05) is 44.2 Å². The third-order valence-electron chi connectivity index (χ3n) is 6.93. The Morgan fingerprint density at radius 3 is 2.14 bits per heavy atom. The minimum Gasteiger partial charge on any atom is -0.352 e. The molecule has 1 N–H and O–H groups in total. The lowest BCUT2D eigenvalue weighted by Crippen LogP contribution is -2.52. The molecule has 0 saturated heterocycles. The van der Waals surface area contributed by atoms with E-state index >= 15 is 0 Å². The van der Waals surface area contributed by atoms with Crippen LogP contribution < -0.4 is 9.62 Å². The van der Waals surface area contributed by atoms with E-state index in [4.69, 9.17) is 23.2 Å². The van der Waals surface area contributed by atoms with Crippen LogP contribution in [0.1, 0.15) is 44.2 Å². The predicted octanol–water partition coefficient (Wildman–Crippen LogP) is 6.23. The summed E-state index contributed by atoms with van der Waals surface area (Å²) in [6.07, 6.45) is 2.11. The SMILES string of the molecule is CCC(C)NC(=O)C(Cc1ccccc1)N(Cc1c(Cl)cccc1Cl)C(=O)CCCN(c1ccc(F)cc1)S(C)(=O)=O. The van der Waals surface area contributed by atoms with Crippen LogP contribution in [0.25, 0.3) is 0 Å². The fraction of sp³-hybridized carbons (Fsp3) is 0.355. The van der Waals surface area contributed by atoms with Crippen LogP contribution in [-0.2, 0) is 32.6 Å². The summed E-state index contributed by atoms with van der Waals surface area (Å²) in [6, 6.07) is 18.5. The van der Waals surface area contributed by atoms with Crippen LogP contribution in [-0.4, -0.2) is 50.0 Å². The molecule has 42 heavy (non-hydrogen) atoms. The van der Waals surface area contributed by atoms with Gasteiger partial charge in [-0.1, -0.05) is 66.5 Å². The van der Waals surface area contributed by atoms with Crippen molar-refractivity contribution in [3.05, 3.63) is 99.8 Å². The molecule has 0 spiro atoms. The monoisotopic (exact) mass is 635 g/mol. The van der Waals surface area contributed by atoms with Crippen LogP contribution in [0.5, 0.6) is 0 Å². The Hall–Kier alpha value is -3.14. The first kappa shape index (κ1) is 33.4. The number of hydrogen-bond acceptors (Lipinski definition) is 4. The van der Waals surface area contributed by atoms with E-state index in [-0.39, 0.29) is 50.2 Å². The molecule has 0 saturated carbocycles. The molecular weight excluding hydrogens is 600 g/mol. The summed E-state index contributed by atoms with van der Waals surface area (Å²) in [7, 11) is -3.71. The molecule has 3 rings (SSSR count). The normalized spacial score (nSPS) is 12.8. The first-order chi connectivity index (χ1) is 19.9. The zero-order valence-electron chi connectivity index (χ0n) is 23.9. The molecule has 11 heteroatoms. The van der Waals surface area contributed by atoms with Crippen LogP contribution in [0.2, 0.25) is 10.0 Å². The summed E-state index contributed by atoms with van der Waals surface area (Å²) in [5, 5.41) is 3.73. The summed E-state index contributed by atoms with van der Waals surface area (Å²) in [5.74, 6) is -1.16. The standard InChI is InChI=1S/C31H36Cl2FN3O4S/c1-4-22(2)35-31(39)29(20-23-10-6-5-7-11-23)36(21-26-27(32)12-8-13-28(26)33)30(38)14-9-19-37(42(3,40)41)25-17-15-24(34)16-18-25/h5-8,10-13,15-18,22,29H,4,9,14,19-21H2,1-3H3,(H,35,39). The van der Waals surface area contributed by atoms with E-state index in [0.717, 1.165) is 16.1 Å². The summed E-state index contributed by atoms with van der Waals surface area (Å²) >= 11 is 13.0. The molecular formula is C31H36Cl2FN3O4S. The average molecular weight is 637 g/mol. The number of carbonyl (C=O) groups excluding carboxylic acids is 2. The molecule has 3 aromatic rings. The Kier molecular flexibility index (Phi) is 12.2. The lowest BCUT2D eigenvalue weighted by Gasteiger charge is -2.33. The fourth-order valence-corrected chi connectivity index (χ4v) is 5.94. The zero-order chi connectivity index (χ0) is 30.9. The summed E-state index contributed by atoms with van der Waals surface area (Å²) in [5.41, 5.74) is 1.66. The fourth-order valence-electron chi connectivity index (χ4n) is 4.46. The Bertz CT molecular complexity index is 1440. The Labute approximate surface area is 257 Å². The van der Waals surface area contributed by atoms with Crippen LogP contribution in [0.3, 0.4) is 0 Å². The van der Waals surface area contributed by atoms with E-state index in [2.05, 4.69) is 5.32 Å². The number of carbonyl (C=O) groups is 2. The molecule has 0 aliphatic carbocycles. The number of hydrogen-bond donors (Lipinski definition) is 1. The van der Waals surface area contributed by atoms with Crippen molar-refractivity contribution >= 4 is 50.7 Å². The van der Waals surface area contributed by atoms with Crippen LogP contribution in [0.15, 0.2) is 72.8 Å². The van der Waals surface area contributed by atoms with Gasteiger partial charge in [0, 0.05) is 47.6 Å². The highest BCUT2D eigenvalue weighted by molar-refractivity contribution is 7.92. The average Bonchev–Trinajstić information content (AvgIpc) is 2.94. The Morgan fingerprint density at radius 2 is 1.57 bits per heavy atom. The largest absolute Gasteiger partial charge is 0.352 e. The van der Waals surface area contributed by atoms with Crippen molar-refractivity contribution in [1.29, 1.82) is 0 Å². The van der Waals surface area contributed by atoms with Crippen molar-refractivity contribution in [3.8, 4) is 0 Å². The number of amides is 2. The number of benzene rings is 3. The van der Waals surface area contributed by atoms with Gasteiger partial charge in [0.05, 0.1) is 11.9 Å². The molecule has 0 aliphatic rings. The van der Waals surface area contributed by atoms with Crippen molar-refractivity contribution in [1.82, 2.24) is 10.2 Å². The van der Waals surface area contributed by atoms with Crippen LogP contribution in [0.4, 0.5) is 10.1 Å². The molecule has 3 aromatic carbocycles. The molecule has 226 valence electrons. The van der Waals surface area contributed by atoms with Crippen LogP contribution >= 0.6 is 23.2 Å². The van der Waals surface area contributed by atoms with Gasteiger partial charge in [0.1, 0.15) is 11.9 Å². The molecule has 0 aliphatic heterocycles. The van der Waals surface area contributed by atoms with Crippen molar-refractivity contribution in [2.75, 3.05) is 17.1 Å². The van der Waals surface area contributed by atoms with Gasteiger partial charge >= 0.3 is 0 Å². The minimum atomic E-state index is -3.71. The van der Waals surface area contributed by atoms with E-state index in [1.165, 1.54) is 29.2 Å². The highest BCUT2D eigenvalue weighted by Crippen LogP contribution is 2.28. The van der Waals surface area contributed by atoms with Gasteiger partial charge in [-0.2, -0.15) is 0 Å². The number of halogens is 3. The minimum absolute atomic E-state index is 0.0146. The van der Waals surface area contributed by atoms with Gasteiger partial charge in [0.25, 0.3) is 0 Å². The van der Waals surface area contributed by atoms with Crippen LogP contribution in [0, 0.1) is 5.82 Å². The maximum Gasteiger partial charge on any atom is 0.243 e. The van der Waals surface area contributed by atoms with E-state index in [1.54, 1.807) is 18.2 Å². The Morgan fingerprint density at radius 1 is 0.952 bits per heavy atom. The lowest BCUT2D eigenvalue weighted by atomic mass is 10.0. The third-order valence-corrected chi connectivity index (χ3v) is 8.83. The van der Waals surface area contributed by atoms with Gasteiger partial charge in [-0.25, -0.2) is 12.8 Å². The number of sulfonamides is 1. The molecule has 0 aromatic heterocycles. The first-order valence-electron chi connectivity index (χ1n) is 13.7. The zero-order valence-corrected chi connectivity index (χ0v) is 26.2. The van der Waals surface area contributed by atoms with Gasteiger partial charge < -0.3 is 10.2 Å². The van der Waals surface area contributed by atoms with E-state index in [0.29, 0.717) is 27.7 Å². The Balaban J connectivity index is 1.93. The van der Waals surface area contributed by atoms with Gasteiger partial charge in [-0.3, -0.25) is 13.9 Å². The van der Waals surface area contributed by atoms with Crippen molar-refractivity contribution in [3.63, 3.8) is 0 Å². The quantitative estimate of drug-likeness (QED) is 0.227. The summed E-state index contributed by atoms with van der Waals surface area (Å²) < 4.78 is 39.6. The molecule has 0 radical (unpaired) electrons. The second-order valence-electron chi connectivity index (χ2n) is 10.2. The molecule has 2 unspecified atom stereocenters. The van der Waals surface area contributed by atoms with E-state index < -0.39 is 21.9 Å². The predicted molar refractivity (Wildman–Crippen MR) is 167 cm³/mol. The third kappa shape index (κ3) is 9.44. The number of nitrogens with zero attached hydrogens (tertiary/aromatic N) is 2. The molecule has 2 atom stereocenters. The maximum atomic E-state index is 13.9. The van der Waals surface area contributed by atoms with E-state index in [9.17, 15) is 22.4 Å². The van der Waals surface area contributed by atoms with Gasteiger partial charge in [-0.15, -0.1) is 0 Å².